The summed E-state index contributed by atoms with van der Waals surface area (Å²) in [5.41, 5.74) is 2.97. The minimum absolute atomic E-state index is 0.261. The number of benzene rings is 2. The average Bonchev–Trinajstić information content (AvgIpc) is 2.80. The van der Waals surface area contributed by atoms with Gasteiger partial charge < -0.3 is 9.84 Å². The van der Waals surface area contributed by atoms with Crippen molar-refractivity contribution in [1.82, 2.24) is 0 Å². The normalized spacial score (nSPS) is 20.4. The molecule has 0 aromatic heterocycles. The maximum absolute atomic E-state index is 13.5. The highest BCUT2D eigenvalue weighted by atomic mass is 19.1. The first-order valence-electron chi connectivity index (χ1n) is 7.17. The number of hydrogen-bond acceptors (Lipinski definition) is 2. The first-order valence-corrected chi connectivity index (χ1v) is 7.17. The molecule has 1 aliphatic carbocycles. The lowest BCUT2D eigenvalue weighted by Gasteiger charge is -2.25. The quantitative estimate of drug-likeness (QED) is 0.935. The van der Waals surface area contributed by atoms with Gasteiger partial charge in [0, 0.05) is 6.42 Å². The van der Waals surface area contributed by atoms with Crippen LogP contribution in [0.5, 0.6) is 5.75 Å². The Kier molecular flexibility index (Phi) is 3.46. The van der Waals surface area contributed by atoms with Crippen molar-refractivity contribution in [3.8, 4) is 5.75 Å². The summed E-state index contributed by atoms with van der Waals surface area (Å²) in [6.07, 6.45) is 1.92. The van der Waals surface area contributed by atoms with Crippen LogP contribution in [-0.2, 0) is 18.4 Å². The van der Waals surface area contributed by atoms with Crippen molar-refractivity contribution in [1.29, 1.82) is 0 Å². The van der Waals surface area contributed by atoms with Crippen LogP contribution in [0, 0.1) is 12.7 Å². The number of rotatable bonds is 3. The van der Waals surface area contributed by atoms with Crippen LogP contribution < -0.4 is 4.74 Å². The zero-order chi connectivity index (χ0) is 15.0. The van der Waals surface area contributed by atoms with E-state index in [1.807, 2.05) is 25.1 Å². The molecule has 0 heterocycles. The van der Waals surface area contributed by atoms with Crippen LogP contribution in [0.15, 0.2) is 36.4 Å². The van der Waals surface area contributed by atoms with E-state index in [1.54, 1.807) is 13.2 Å². The highest BCUT2D eigenvalue weighted by molar-refractivity contribution is 5.44. The summed E-state index contributed by atoms with van der Waals surface area (Å²) in [6, 6.07) is 10.6. The number of aryl methyl sites for hydroxylation is 2. The smallest absolute Gasteiger partial charge is 0.123 e. The number of aliphatic hydroxyl groups is 1. The maximum atomic E-state index is 13.5. The summed E-state index contributed by atoms with van der Waals surface area (Å²) >= 11 is 0. The van der Waals surface area contributed by atoms with Gasteiger partial charge in [-0.25, -0.2) is 4.39 Å². The predicted octanol–water partition coefficient (Wildman–Crippen LogP) is 3.52. The van der Waals surface area contributed by atoms with E-state index in [0.29, 0.717) is 12.8 Å². The molecule has 2 aromatic carbocycles. The second-order valence-electron chi connectivity index (χ2n) is 5.80. The molecule has 1 N–H and O–H groups in total. The monoisotopic (exact) mass is 286 g/mol. The summed E-state index contributed by atoms with van der Waals surface area (Å²) in [7, 11) is 1.62. The van der Waals surface area contributed by atoms with Gasteiger partial charge in [-0.1, -0.05) is 12.1 Å². The summed E-state index contributed by atoms with van der Waals surface area (Å²) < 4.78 is 18.7. The van der Waals surface area contributed by atoms with Gasteiger partial charge in [-0.15, -0.1) is 0 Å². The Morgan fingerprint density at radius 2 is 2.05 bits per heavy atom. The fourth-order valence-electron chi connectivity index (χ4n) is 3.14. The molecule has 2 nitrogen and oxygen atoms in total. The second kappa shape index (κ2) is 5.15. The van der Waals surface area contributed by atoms with Crippen molar-refractivity contribution in [2.75, 3.05) is 7.11 Å². The van der Waals surface area contributed by atoms with Gasteiger partial charge >= 0.3 is 0 Å². The fourth-order valence-corrected chi connectivity index (χ4v) is 3.14. The van der Waals surface area contributed by atoms with Crippen LogP contribution in [0.1, 0.15) is 28.7 Å². The number of methoxy groups -OCH3 is 1. The fraction of sp³-hybridized carbons (Fsp3) is 0.333. The van der Waals surface area contributed by atoms with E-state index in [2.05, 4.69) is 0 Å². The van der Waals surface area contributed by atoms with Gasteiger partial charge in [0.1, 0.15) is 11.6 Å². The van der Waals surface area contributed by atoms with E-state index in [4.69, 9.17) is 4.74 Å². The van der Waals surface area contributed by atoms with Crippen LogP contribution in [0.2, 0.25) is 0 Å². The molecule has 1 atom stereocenters. The van der Waals surface area contributed by atoms with Gasteiger partial charge in [-0.3, -0.25) is 0 Å². The lowest BCUT2D eigenvalue weighted by atomic mass is 9.87. The van der Waals surface area contributed by atoms with Crippen molar-refractivity contribution in [2.45, 2.75) is 31.8 Å². The molecule has 0 bridgehead atoms. The molecule has 3 rings (SSSR count). The highest BCUT2D eigenvalue weighted by Gasteiger charge is 2.37. The van der Waals surface area contributed by atoms with Gasteiger partial charge in [0.2, 0.25) is 0 Å². The summed E-state index contributed by atoms with van der Waals surface area (Å²) in [5.74, 6) is 0.480. The van der Waals surface area contributed by atoms with Gasteiger partial charge in [0.05, 0.1) is 12.7 Å². The first-order chi connectivity index (χ1) is 10.0. The Morgan fingerprint density at radius 1 is 1.24 bits per heavy atom. The van der Waals surface area contributed by atoms with Crippen molar-refractivity contribution < 1.29 is 14.2 Å². The third-order valence-electron chi connectivity index (χ3n) is 4.42. The van der Waals surface area contributed by atoms with Gasteiger partial charge in [0.15, 0.2) is 0 Å². The maximum Gasteiger partial charge on any atom is 0.123 e. The highest BCUT2D eigenvalue weighted by Crippen LogP contribution is 2.41. The van der Waals surface area contributed by atoms with E-state index in [-0.39, 0.29) is 5.82 Å². The lowest BCUT2D eigenvalue weighted by Crippen LogP contribution is -2.26. The molecule has 0 amide bonds. The molecule has 0 saturated carbocycles. The lowest BCUT2D eigenvalue weighted by molar-refractivity contribution is 0.0386. The molecule has 110 valence electrons. The molecule has 21 heavy (non-hydrogen) atoms. The molecule has 1 aliphatic rings. The molecule has 0 aliphatic heterocycles. The van der Waals surface area contributed by atoms with E-state index in [0.717, 1.165) is 34.4 Å². The summed E-state index contributed by atoms with van der Waals surface area (Å²) in [4.78, 5) is 0. The molecular formula is C18H19FO2. The van der Waals surface area contributed by atoms with Gasteiger partial charge in [-0.2, -0.15) is 0 Å². The minimum Gasteiger partial charge on any atom is -0.497 e. The molecule has 3 heteroatoms. The zero-order valence-electron chi connectivity index (χ0n) is 12.3. The van der Waals surface area contributed by atoms with E-state index < -0.39 is 5.60 Å². The third kappa shape index (κ3) is 2.54. The summed E-state index contributed by atoms with van der Waals surface area (Å²) in [6.45, 7) is 1.94. The average molecular weight is 286 g/mol. The Balaban J connectivity index is 1.98. The topological polar surface area (TPSA) is 29.5 Å². The van der Waals surface area contributed by atoms with E-state index in [1.165, 1.54) is 12.1 Å². The molecular weight excluding hydrogens is 267 g/mol. The Hall–Kier alpha value is -1.87. The molecule has 0 radical (unpaired) electrons. The third-order valence-corrected chi connectivity index (χ3v) is 4.42. The van der Waals surface area contributed by atoms with Crippen LogP contribution in [0.3, 0.4) is 0 Å². The van der Waals surface area contributed by atoms with Crippen molar-refractivity contribution >= 4 is 0 Å². The van der Waals surface area contributed by atoms with Crippen LogP contribution in [0.4, 0.5) is 4.39 Å². The number of ether oxygens (including phenoxy) is 1. The number of fused-ring (bicyclic) bond motifs is 1. The molecule has 2 aromatic rings. The molecule has 1 unspecified atom stereocenters. The van der Waals surface area contributed by atoms with Crippen LogP contribution in [-0.4, -0.2) is 12.2 Å². The van der Waals surface area contributed by atoms with Crippen LogP contribution >= 0.6 is 0 Å². The standard InChI is InChI=1S/C18H19FO2/c1-12-3-5-15(19)9-14(12)11-18(20)8-7-13-4-6-16(21-2)10-17(13)18/h3-6,9-10,20H,7-8,11H2,1-2H3. The number of hydrogen-bond donors (Lipinski definition) is 1. The van der Waals surface area contributed by atoms with Crippen molar-refractivity contribution in [3.05, 3.63) is 64.5 Å². The SMILES string of the molecule is COc1ccc2c(c1)C(O)(Cc1cc(F)ccc1C)CC2. The zero-order valence-corrected chi connectivity index (χ0v) is 12.3. The van der Waals surface area contributed by atoms with E-state index >= 15 is 0 Å². The largest absolute Gasteiger partial charge is 0.497 e. The minimum atomic E-state index is -0.942. The second-order valence-corrected chi connectivity index (χ2v) is 5.80. The Labute approximate surface area is 124 Å². The van der Waals surface area contributed by atoms with Crippen LogP contribution in [0.25, 0.3) is 0 Å². The van der Waals surface area contributed by atoms with Crippen molar-refractivity contribution in [2.24, 2.45) is 0 Å². The summed E-state index contributed by atoms with van der Waals surface area (Å²) in [5, 5.41) is 11.1. The number of halogens is 1. The first kappa shape index (κ1) is 14.1. The molecule has 0 saturated heterocycles. The van der Waals surface area contributed by atoms with Crippen molar-refractivity contribution in [3.63, 3.8) is 0 Å². The Bertz CT molecular complexity index is 681. The Morgan fingerprint density at radius 3 is 2.81 bits per heavy atom. The van der Waals surface area contributed by atoms with Gasteiger partial charge in [0.25, 0.3) is 0 Å². The van der Waals surface area contributed by atoms with E-state index in [9.17, 15) is 9.50 Å². The predicted molar refractivity (Wildman–Crippen MR) is 80.1 cm³/mol. The molecule has 0 fully saturated rings. The van der Waals surface area contributed by atoms with Gasteiger partial charge in [-0.05, 0) is 66.3 Å². The molecule has 0 spiro atoms.